The molecule has 1 aliphatic heterocycles. The molecule has 132 valence electrons. The summed E-state index contributed by atoms with van der Waals surface area (Å²) in [5, 5.41) is 2.86. The molecule has 0 saturated carbocycles. The van der Waals surface area contributed by atoms with Gasteiger partial charge in [-0.25, -0.2) is 9.37 Å². The standard InChI is InChI=1S/C16H18FN3OS.2ClH/c17-12-3-1-11(2-4-12)7-15-19-14(10-22-15)8-16(21)20-6-5-13(18)9-20;;/h1-4,10,13H,5-9,18H2;2*1H/t13-;;/m1../s1. The third kappa shape index (κ3) is 5.41. The number of nitrogens with two attached hydrogens (primary N) is 1. The second-order valence-corrected chi connectivity index (χ2v) is 6.54. The quantitative estimate of drug-likeness (QED) is 0.871. The third-order valence-electron chi connectivity index (χ3n) is 3.78. The molecule has 1 aliphatic rings. The van der Waals surface area contributed by atoms with Gasteiger partial charge in [-0.15, -0.1) is 36.2 Å². The van der Waals surface area contributed by atoms with Gasteiger partial charge in [-0.1, -0.05) is 12.1 Å². The minimum atomic E-state index is -0.238. The van der Waals surface area contributed by atoms with E-state index in [1.807, 2.05) is 10.3 Å². The van der Waals surface area contributed by atoms with Crippen molar-refractivity contribution >= 4 is 42.1 Å². The Hall–Kier alpha value is -1.21. The number of amides is 1. The number of hydrogen-bond donors (Lipinski definition) is 1. The summed E-state index contributed by atoms with van der Waals surface area (Å²) in [6.45, 7) is 1.39. The molecule has 0 bridgehead atoms. The van der Waals surface area contributed by atoms with Gasteiger partial charge in [0.15, 0.2) is 0 Å². The summed E-state index contributed by atoms with van der Waals surface area (Å²) in [5.74, 6) is -0.149. The van der Waals surface area contributed by atoms with Crippen molar-refractivity contribution in [1.82, 2.24) is 9.88 Å². The second-order valence-electron chi connectivity index (χ2n) is 5.60. The van der Waals surface area contributed by atoms with Crippen LogP contribution in [0.25, 0.3) is 0 Å². The highest BCUT2D eigenvalue weighted by molar-refractivity contribution is 7.09. The lowest BCUT2D eigenvalue weighted by Gasteiger charge is -2.14. The number of aromatic nitrogens is 1. The fourth-order valence-electron chi connectivity index (χ4n) is 2.57. The largest absolute Gasteiger partial charge is 0.341 e. The smallest absolute Gasteiger partial charge is 0.228 e. The molecular formula is C16H20Cl2FN3OS. The minimum absolute atomic E-state index is 0. The summed E-state index contributed by atoms with van der Waals surface area (Å²) in [4.78, 5) is 18.5. The van der Waals surface area contributed by atoms with Gasteiger partial charge in [-0.3, -0.25) is 4.79 Å². The number of hydrogen-bond acceptors (Lipinski definition) is 4. The normalized spacial score (nSPS) is 16.4. The van der Waals surface area contributed by atoms with Gasteiger partial charge in [-0.2, -0.15) is 0 Å². The van der Waals surface area contributed by atoms with Crippen LogP contribution >= 0.6 is 36.2 Å². The molecule has 2 aromatic rings. The Labute approximate surface area is 157 Å². The maximum atomic E-state index is 12.9. The third-order valence-corrected chi connectivity index (χ3v) is 4.68. The zero-order chi connectivity index (χ0) is 15.5. The number of likely N-dealkylation sites (tertiary alicyclic amines) is 1. The van der Waals surface area contributed by atoms with Crippen LogP contribution in [0.3, 0.4) is 0 Å². The Bertz CT molecular complexity index is 666. The van der Waals surface area contributed by atoms with Gasteiger partial charge in [0.25, 0.3) is 0 Å². The highest BCUT2D eigenvalue weighted by atomic mass is 35.5. The Morgan fingerprint density at radius 1 is 1.33 bits per heavy atom. The van der Waals surface area contributed by atoms with Crippen LogP contribution in [-0.2, 0) is 17.6 Å². The van der Waals surface area contributed by atoms with Crippen LogP contribution in [0.1, 0.15) is 22.7 Å². The van der Waals surface area contributed by atoms with Crippen molar-refractivity contribution < 1.29 is 9.18 Å². The van der Waals surface area contributed by atoms with Crippen molar-refractivity contribution in [3.05, 3.63) is 51.7 Å². The van der Waals surface area contributed by atoms with Crippen LogP contribution < -0.4 is 5.73 Å². The molecule has 0 aliphatic carbocycles. The molecule has 24 heavy (non-hydrogen) atoms. The zero-order valence-electron chi connectivity index (χ0n) is 13.0. The van der Waals surface area contributed by atoms with Crippen molar-refractivity contribution in [1.29, 1.82) is 0 Å². The number of rotatable bonds is 4. The predicted molar refractivity (Wildman–Crippen MR) is 98.7 cm³/mol. The van der Waals surface area contributed by atoms with E-state index in [1.54, 1.807) is 12.1 Å². The van der Waals surface area contributed by atoms with E-state index in [1.165, 1.54) is 23.5 Å². The summed E-state index contributed by atoms with van der Waals surface area (Å²) < 4.78 is 12.9. The van der Waals surface area contributed by atoms with Crippen molar-refractivity contribution in [3.63, 3.8) is 0 Å². The van der Waals surface area contributed by atoms with E-state index >= 15 is 0 Å². The topological polar surface area (TPSA) is 59.2 Å². The number of carbonyl (C=O) groups is 1. The molecule has 1 amide bonds. The highest BCUT2D eigenvalue weighted by Crippen LogP contribution is 2.17. The molecule has 0 spiro atoms. The second kappa shape index (κ2) is 9.32. The van der Waals surface area contributed by atoms with Gasteiger partial charge < -0.3 is 10.6 Å². The summed E-state index contributed by atoms with van der Waals surface area (Å²) >= 11 is 1.53. The van der Waals surface area contributed by atoms with E-state index in [0.29, 0.717) is 19.4 Å². The van der Waals surface area contributed by atoms with Gasteiger partial charge in [0.05, 0.1) is 17.1 Å². The maximum absolute atomic E-state index is 12.9. The Kier molecular flexibility index (Phi) is 8.09. The van der Waals surface area contributed by atoms with E-state index in [0.717, 1.165) is 29.2 Å². The summed E-state index contributed by atoms with van der Waals surface area (Å²) in [7, 11) is 0. The van der Waals surface area contributed by atoms with Crippen molar-refractivity contribution in [2.24, 2.45) is 5.73 Å². The van der Waals surface area contributed by atoms with Crippen LogP contribution in [0.15, 0.2) is 29.6 Å². The van der Waals surface area contributed by atoms with Gasteiger partial charge in [-0.05, 0) is 24.1 Å². The van der Waals surface area contributed by atoms with Crippen LogP contribution in [0.5, 0.6) is 0 Å². The van der Waals surface area contributed by atoms with Crippen LogP contribution in [-0.4, -0.2) is 34.9 Å². The van der Waals surface area contributed by atoms with Gasteiger partial charge in [0.2, 0.25) is 5.91 Å². The summed E-state index contributed by atoms with van der Waals surface area (Å²) in [5.41, 5.74) is 7.63. The number of halogens is 3. The molecule has 1 atom stereocenters. The lowest BCUT2D eigenvalue weighted by molar-refractivity contribution is -0.129. The molecular weight excluding hydrogens is 372 g/mol. The average Bonchev–Trinajstić information content (AvgIpc) is 3.11. The first kappa shape index (κ1) is 20.8. The number of benzene rings is 1. The fourth-order valence-corrected chi connectivity index (χ4v) is 3.40. The Morgan fingerprint density at radius 2 is 2.04 bits per heavy atom. The highest BCUT2D eigenvalue weighted by Gasteiger charge is 2.24. The SMILES string of the molecule is Cl.Cl.N[C@@H]1CCN(C(=O)Cc2csc(Cc3ccc(F)cc3)n2)C1. The fraction of sp³-hybridized carbons (Fsp3) is 0.375. The molecule has 1 saturated heterocycles. The number of nitrogens with zero attached hydrogens (tertiary/aromatic N) is 2. The average molecular weight is 392 g/mol. The van der Waals surface area contributed by atoms with Crippen molar-refractivity contribution in [2.75, 3.05) is 13.1 Å². The van der Waals surface area contributed by atoms with Crippen molar-refractivity contribution in [3.8, 4) is 0 Å². The first-order chi connectivity index (χ1) is 10.6. The summed E-state index contributed by atoms with van der Waals surface area (Å²) in [6.07, 6.45) is 1.86. The zero-order valence-corrected chi connectivity index (χ0v) is 15.4. The first-order valence-corrected chi connectivity index (χ1v) is 8.19. The molecule has 1 fully saturated rings. The van der Waals surface area contributed by atoms with Crippen LogP contribution in [0, 0.1) is 5.82 Å². The van der Waals surface area contributed by atoms with Gasteiger partial charge in [0, 0.05) is 30.9 Å². The minimum Gasteiger partial charge on any atom is -0.341 e. The maximum Gasteiger partial charge on any atom is 0.228 e. The van der Waals surface area contributed by atoms with E-state index in [-0.39, 0.29) is 42.6 Å². The Balaban J connectivity index is 0.00000144. The molecule has 1 aromatic carbocycles. The molecule has 0 unspecified atom stereocenters. The van der Waals surface area contributed by atoms with E-state index in [2.05, 4.69) is 4.98 Å². The van der Waals surface area contributed by atoms with Gasteiger partial charge in [0.1, 0.15) is 5.82 Å². The molecule has 8 heteroatoms. The lowest BCUT2D eigenvalue weighted by Crippen LogP contribution is -2.33. The van der Waals surface area contributed by atoms with E-state index in [4.69, 9.17) is 5.73 Å². The molecule has 2 N–H and O–H groups in total. The number of carbonyl (C=O) groups excluding carboxylic acids is 1. The number of thiazole rings is 1. The monoisotopic (exact) mass is 391 g/mol. The van der Waals surface area contributed by atoms with Crippen LogP contribution in [0.2, 0.25) is 0 Å². The van der Waals surface area contributed by atoms with Crippen LogP contribution in [0.4, 0.5) is 4.39 Å². The molecule has 2 heterocycles. The first-order valence-electron chi connectivity index (χ1n) is 7.31. The van der Waals surface area contributed by atoms with E-state index in [9.17, 15) is 9.18 Å². The molecule has 1 aromatic heterocycles. The predicted octanol–water partition coefficient (Wildman–Crippen LogP) is 2.82. The summed E-state index contributed by atoms with van der Waals surface area (Å²) in [6, 6.07) is 6.52. The molecule has 3 rings (SSSR count). The lowest BCUT2D eigenvalue weighted by atomic mass is 10.1. The van der Waals surface area contributed by atoms with Gasteiger partial charge >= 0.3 is 0 Å². The van der Waals surface area contributed by atoms with E-state index < -0.39 is 0 Å². The Morgan fingerprint density at radius 3 is 2.67 bits per heavy atom. The molecule has 4 nitrogen and oxygen atoms in total. The van der Waals surface area contributed by atoms with Crippen molar-refractivity contribution in [2.45, 2.75) is 25.3 Å². The molecule has 0 radical (unpaired) electrons.